The van der Waals surface area contributed by atoms with Gasteiger partial charge in [-0.05, 0) is 59.2 Å². The van der Waals surface area contributed by atoms with Crippen LogP contribution < -0.4 is 5.32 Å². The summed E-state index contributed by atoms with van der Waals surface area (Å²) < 4.78 is 27.9. The first kappa shape index (κ1) is 15.4. The number of nitrogens with one attached hydrogen (secondary N) is 1. The average molecular weight is 361 g/mol. The van der Waals surface area contributed by atoms with Crippen LogP contribution in [0.4, 0.5) is 8.78 Å². The van der Waals surface area contributed by atoms with Gasteiger partial charge in [-0.25, -0.2) is 8.78 Å². The normalized spacial score (nSPS) is 12.5. The van der Waals surface area contributed by atoms with Gasteiger partial charge in [0.25, 0.3) is 0 Å². The summed E-state index contributed by atoms with van der Waals surface area (Å²) in [6, 6.07) is 7.28. The molecule has 0 bridgehead atoms. The first-order chi connectivity index (χ1) is 9.45. The first-order valence-electron chi connectivity index (χ1n) is 6.02. The summed E-state index contributed by atoms with van der Waals surface area (Å²) in [5.74, 6) is -0.974. The lowest BCUT2D eigenvalue weighted by Gasteiger charge is -2.21. The number of halogens is 4. The summed E-state index contributed by atoms with van der Waals surface area (Å²) in [5, 5.41) is 3.61. The Balaban J connectivity index is 2.58. The van der Waals surface area contributed by atoms with E-state index >= 15 is 0 Å². The fourth-order valence-electron chi connectivity index (χ4n) is 2.17. The van der Waals surface area contributed by atoms with Crippen molar-refractivity contribution in [1.82, 2.24) is 5.32 Å². The first-order valence-corrected chi connectivity index (χ1v) is 7.19. The maximum Gasteiger partial charge on any atom is 0.137 e. The van der Waals surface area contributed by atoms with Gasteiger partial charge in [0.05, 0.1) is 10.5 Å². The van der Waals surface area contributed by atoms with E-state index in [4.69, 9.17) is 11.6 Å². The van der Waals surface area contributed by atoms with Crippen molar-refractivity contribution in [3.8, 4) is 0 Å². The standard InChI is InChI=1S/C15H13BrClF2N/c1-8-9(4-3-5-12(8)17)15(20-2)10-6-14(19)11(16)7-13(10)18/h3-7,15,20H,1-2H3. The molecule has 1 N–H and O–H groups in total. The van der Waals surface area contributed by atoms with Crippen molar-refractivity contribution in [2.45, 2.75) is 13.0 Å². The predicted octanol–water partition coefficient (Wildman–Crippen LogP) is 5.00. The van der Waals surface area contributed by atoms with Gasteiger partial charge in [0.1, 0.15) is 11.6 Å². The van der Waals surface area contributed by atoms with Crippen molar-refractivity contribution >= 4 is 27.5 Å². The number of hydrogen-bond donors (Lipinski definition) is 1. The average Bonchev–Trinajstić information content (AvgIpc) is 2.41. The largest absolute Gasteiger partial charge is 0.309 e. The van der Waals surface area contributed by atoms with Crippen molar-refractivity contribution in [3.63, 3.8) is 0 Å². The number of hydrogen-bond acceptors (Lipinski definition) is 1. The second-order valence-electron chi connectivity index (χ2n) is 4.46. The van der Waals surface area contributed by atoms with Crippen LogP contribution in [0, 0.1) is 18.6 Å². The summed E-state index contributed by atoms with van der Waals surface area (Å²) in [6.07, 6.45) is 0. The molecule has 0 aromatic heterocycles. The summed E-state index contributed by atoms with van der Waals surface area (Å²) in [6.45, 7) is 1.86. The summed E-state index contributed by atoms with van der Waals surface area (Å²) >= 11 is 9.07. The van der Waals surface area contributed by atoms with E-state index in [9.17, 15) is 8.78 Å². The minimum Gasteiger partial charge on any atom is -0.309 e. The van der Waals surface area contributed by atoms with E-state index in [1.54, 1.807) is 19.2 Å². The van der Waals surface area contributed by atoms with E-state index in [0.717, 1.165) is 17.2 Å². The third kappa shape index (κ3) is 2.87. The highest BCUT2D eigenvalue weighted by atomic mass is 79.9. The van der Waals surface area contributed by atoms with Gasteiger partial charge in [-0.2, -0.15) is 0 Å². The van der Waals surface area contributed by atoms with Crippen molar-refractivity contribution in [2.24, 2.45) is 0 Å². The van der Waals surface area contributed by atoms with Crippen LogP contribution >= 0.6 is 27.5 Å². The fraction of sp³-hybridized carbons (Fsp3) is 0.200. The van der Waals surface area contributed by atoms with Gasteiger partial charge in [-0.15, -0.1) is 0 Å². The molecule has 1 unspecified atom stereocenters. The second kappa shape index (κ2) is 6.20. The van der Waals surface area contributed by atoms with Crippen LogP contribution in [-0.4, -0.2) is 7.05 Å². The highest BCUT2D eigenvalue weighted by Gasteiger charge is 2.20. The van der Waals surface area contributed by atoms with Crippen LogP contribution in [0.15, 0.2) is 34.8 Å². The lowest BCUT2D eigenvalue weighted by Crippen LogP contribution is -2.20. The van der Waals surface area contributed by atoms with Crippen LogP contribution in [0.1, 0.15) is 22.7 Å². The summed E-state index contributed by atoms with van der Waals surface area (Å²) in [5.41, 5.74) is 1.91. The van der Waals surface area contributed by atoms with E-state index < -0.39 is 17.7 Å². The monoisotopic (exact) mass is 359 g/mol. The van der Waals surface area contributed by atoms with Gasteiger partial charge < -0.3 is 5.32 Å². The Morgan fingerprint density at radius 1 is 1.15 bits per heavy atom. The molecule has 0 fully saturated rings. The zero-order valence-corrected chi connectivity index (χ0v) is 13.3. The third-order valence-corrected chi connectivity index (χ3v) is 4.28. The molecule has 0 aliphatic carbocycles. The molecule has 0 saturated carbocycles. The topological polar surface area (TPSA) is 12.0 Å². The molecule has 2 aromatic rings. The van der Waals surface area contributed by atoms with E-state index in [1.165, 1.54) is 6.07 Å². The van der Waals surface area contributed by atoms with Gasteiger partial charge in [0, 0.05) is 10.6 Å². The highest BCUT2D eigenvalue weighted by Crippen LogP contribution is 2.32. The molecule has 0 aliphatic rings. The highest BCUT2D eigenvalue weighted by molar-refractivity contribution is 9.10. The Morgan fingerprint density at radius 3 is 2.50 bits per heavy atom. The predicted molar refractivity (Wildman–Crippen MR) is 81.1 cm³/mol. The molecule has 1 nitrogen and oxygen atoms in total. The molecule has 0 radical (unpaired) electrons. The summed E-state index contributed by atoms with van der Waals surface area (Å²) in [4.78, 5) is 0. The molecule has 5 heteroatoms. The molecule has 1 atom stereocenters. The van der Waals surface area contributed by atoms with Crippen LogP contribution in [0.5, 0.6) is 0 Å². The van der Waals surface area contributed by atoms with Gasteiger partial charge in [-0.3, -0.25) is 0 Å². The SMILES string of the molecule is CNC(c1cc(F)c(Br)cc1F)c1cccc(Cl)c1C. The van der Waals surface area contributed by atoms with E-state index in [0.29, 0.717) is 5.02 Å². The summed E-state index contributed by atoms with van der Waals surface area (Å²) in [7, 11) is 1.70. The minimum atomic E-state index is -0.499. The molecule has 0 amide bonds. The Hall–Kier alpha value is -0.970. The van der Waals surface area contributed by atoms with E-state index in [-0.39, 0.29) is 10.0 Å². The third-order valence-electron chi connectivity index (χ3n) is 3.26. The quantitative estimate of drug-likeness (QED) is 0.760. The Bertz CT molecular complexity index is 646. The van der Waals surface area contributed by atoms with Crippen LogP contribution in [-0.2, 0) is 0 Å². The molecule has 106 valence electrons. The fourth-order valence-corrected chi connectivity index (χ4v) is 2.67. The van der Waals surface area contributed by atoms with Crippen LogP contribution in [0.25, 0.3) is 0 Å². The van der Waals surface area contributed by atoms with Gasteiger partial charge >= 0.3 is 0 Å². The smallest absolute Gasteiger partial charge is 0.137 e. The van der Waals surface area contributed by atoms with Gasteiger partial charge in [-0.1, -0.05) is 23.7 Å². The van der Waals surface area contributed by atoms with Crippen molar-refractivity contribution in [2.75, 3.05) is 7.05 Å². The second-order valence-corrected chi connectivity index (χ2v) is 5.73. The van der Waals surface area contributed by atoms with E-state index in [1.807, 2.05) is 13.0 Å². The molecule has 0 aliphatic heterocycles. The van der Waals surface area contributed by atoms with Crippen molar-refractivity contribution in [1.29, 1.82) is 0 Å². The molecule has 0 heterocycles. The lowest BCUT2D eigenvalue weighted by atomic mass is 9.94. The van der Waals surface area contributed by atoms with Crippen molar-refractivity contribution in [3.05, 3.63) is 68.2 Å². The maximum absolute atomic E-state index is 14.1. The molecular weight excluding hydrogens is 348 g/mol. The molecule has 0 saturated heterocycles. The Labute approximate surface area is 130 Å². The molecule has 20 heavy (non-hydrogen) atoms. The molecule has 2 rings (SSSR count). The molecular formula is C15H13BrClF2N. The lowest BCUT2D eigenvalue weighted by molar-refractivity contribution is 0.554. The zero-order valence-electron chi connectivity index (χ0n) is 11.0. The Kier molecular flexibility index (Phi) is 4.78. The number of benzene rings is 2. The van der Waals surface area contributed by atoms with E-state index in [2.05, 4.69) is 21.2 Å². The van der Waals surface area contributed by atoms with Crippen LogP contribution in [0.2, 0.25) is 5.02 Å². The van der Waals surface area contributed by atoms with Gasteiger partial charge in [0.15, 0.2) is 0 Å². The molecule has 2 aromatic carbocycles. The van der Waals surface area contributed by atoms with Crippen LogP contribution in [0.3, 0.4) is 0 Å². The van der Waals surface area contributed by atoms with Crippen molar-refractivity contribution < 1.29 is 8.78 Å². The Morgan fingerprint density at radius 2 is 1.85 bits per heavy atom. The van der Waals surface area contributed by atoms with Gasteiger partial charge in [0.2, 0.25) is 0 Å². The molecule has 0 spiro atoms. The number of rotatable bonds is 3. The minimum absolute atomic E-state index is 0.108. The zero-order chi connectivity index (χ0) is 14.9. The maximum atomic E-state index is 14.1.